The van der Waals surface area contributed by atoms with Crippen LogP contribution >= 0.6 is 0 Å². The van der Waals surface area contributed by atoms with Crippen LogP contribution in [0, 0.1) is 41.5 Å². The molecule has 0 unspecified atom stereocenters. The molecule has 0 aliphatic rings. The number of anilines is 2. The van der Waals surface area contributed by atoms with E-state index < -0.39 is 0 Å². The normalized spacial score (nSPS) is 10.4. The summed E-state index contributed by atoms with van der Waals surface area (Å²) < 4.78 is 0. The molecule has 26 heavy (non-hydrogen) atoms. The van der Waals surface area contributed by atoms with Gasteiger partial charge in [-0.25, -0.2) is 0 Å². The van der Waals surface area contributed by atoms with Crippen LogP contribution in [0.3, 0.4) is 0 Å². The summed E-state index contributed by atoms with van der Waals surface area (Å²) in [5.41, 5.74) is 10.5. The molecule has 0 bridgehead atoms. The fourth-order valence-electron chi connectivity index (χ4n) is 3.59. The van der Waals surface area contributed by atoms with Crippen LogP contribution in [0.1, 0.15) is 33.4 Å². The second-order valence-electron chi connectivity index (χ2n) is 7.15. The van der Waals surface area contributed by atoms with Crippen molar-refractivity contribution in [3.05, 3.63) is 57.6 Å². The Hall–Kier alpha value is -1.48. The molecule has 144 valence electrons. The molecule has 0 aromatic heterocycles. The van der Waals surface area contributed by atoms with Gasteiger partial charge in [0.1, 0.15) is 0 Å². The van der Waals surface area contributed by atoms with Crippen molar-refractivity contribution in [2.75, 3.05) is 36.8 Å². The molecule has 0 aliphatic carbocycles. The summed E-state index contributed by atoms with van der Waals surface area (Å²) in [7, 11) is 0. The van der Waals surface area contributed by atoms with E-state index in [2.05, 4.69) is 81.8 Å². The van der Waals surface area contributed by atoms with Crippen LogP contribution in [0.15, 0.2) is 24.3 Å². The molecular formula is C22H33FeN3. The molecule has 0 saturated heterocycles. The van der Waals surface area contributed by atoms with Gasteiger partial charge in [0.25, 0.3) is 0 Å². The van der Waals surface area contributed by atoms with Crippen molar-refractivity contribution >= 4 is 11.4 Å². The second kappa shape index (κ2) is 10.6. The van der Waals surface area contributed by atoms with E-state index in [4.69, 9.17) is 0 Å². The first kappa shape index (κ1) is 22.6. The Bertz CT molecular complexity index is 618. The molecule has 0 radical (unpaired) electrons. The number of hydrogen-bond acceptors (Lipinski definition) is 3. The van der Waals surface area contributed by atoms with E-state index >= 15 is 0 Å². The van der Waals surface area contributed by atoms with Crippen molar-refractivity contribution in [3.8, 4) is 0 Å². The minimum Gasteiger partial charge on any atom is -0.383 e. The summed E-state index contributed by atoms with van der Waals surface area (Å²) in [4.78, 5) is 0. The van der Waals surface area contributed by atoms with E-state index in [9.17, 15) is 0 Å². The molecule has 3 N–H and O–H groups in total. The third kappa shape index (κ3) is 6.35. The minimum absolute atomic E-state index is 0. The van der Waals surface area contributed by atoms with E-state index in [0.29, 0.717) is 0 Å². The smallest absolute Gasteiger partial charge is 0.0400 e. The van der Waals surface area contributed by atoms with Crippen molar-refractivity contribution in [2.24, 2.45) is 0 Å². The molecule has 2 aromatic rings. The van der Waals surface area contributed by atoms with E-state index in [1.54, 1.807) is 0 Å². The maximum Gasteiger partial charge on any atom is 0.0400 e. The van der Waals surface area contributed by atoms with Crippen LogP contribution in [0.5, 0.6) is 0 Å². The van der Waals surface area contributed by atoms with Gasteiger partial charge >= 0.3 is 0 Å². The molecule has 0 spiro atoms. The van der Waals surface area contributed by atoms with Gasteiger partial charge in [-0.2, -0.15) is 0 Å². The average Bonchev–Trinajstić information content (AvgIpc) is 2.50. The number of benzene rings is 2. The van der Waals surface area contributed by atoms with E-state index in [1.807, 2.05) is 0 Å². The SMILES string of the molecule is Cc1cc(C)c(NCCNCCNc2c(C)cc(C)cc2C)c(C)c1.[Fe]. The standard InChI is InChI=1S/C22H33N3.Fe/c1-15-11-17(3)21(18(4)12-15)24-9-7-23-8-10-25-22-19(5)13-16(2)14-20(22)6;/h11-14,23-25H,7-10H2,1-6H3;. The van der Waals surface area contributed by atoms with Crippen LogP contribution in [0.25, 0.3) is 0 Å². The third-order valence-electron chi connectivity index (χ3n) is 4.56. The molecule has 0 aliphatic heterocycles. The Balaban J connectivity index is 0.00000338. The number of nitrogens with one attached hydrogen (secondary N) is 3. The van der Waals surface area contributed by atoms with Crippen molar-refractivity contribution < 1.29 is 17.1 Å². The maximum atomic E-state index is 3.56. The van der Waals surface area contributed by atoms with Gasteiger partial charge in [0.05, 0.1) is 0 Å². The minimum atomic E-state index is 0. The second-order valence-corrected chi connectivity index (χ2v) is 7.15. The quantitative estimate of drug-likeness (QED) is 0.450. The summed E-state index contributed by atoms with van der Waals surface area (Å²) in [6.07, 6.45) is 0. The fraction of sp³-hybridized carbons (Fsp3) is 0.455. The molecule has 2 rings (SSSR count). The molecule has 4 heteroatoms. The first-order valence-corrected chi connectivity index (χ1v) is 9.22. The summed E-state index contributed by atoms with van der Waals surface area (Å²) in [6, 6.07) is 8.94. The van der Waals surface area contributed by atoms with Gasteiger partial charge in [0.2, 0.25) is 0 Å². The predicted molar refractivity (Wildman–Crippen MR) is 111 cm³/mol. The zero-order valence-corrected chi connectivity index (χ0v) is 18.1. The zero-order chi connectivity index (χ0) is 18.4. The van der Waals surface area contributed by atoms with Gasteiger partial charge in [-0.15, -0.1) is 0 Å². The number of rotatable bonds is 8. The molecule has 0 heterocycles. The third-order valence-corrected chi connectivity index (χ3v) is 4.56. The maximum absolute atomic E-state index is 3.56. The Morgan fingerprint density at radius 3 is 1.15 bits per heavy atom. The summed E-state index contributed by atoms with van der Waals surface area (Å²) >= 11 is 0. The van der Waals surface area contributed by atoms with Crippen molar-refractivity contribution in [1.82, 2.24) is 5.32 Å². The van der Waals surface area contributed by atoms with Crippen LogP contribution < -0.4 is 16.0 Å². The van der Waals surface area contributed by atoms with Crippen LogP contribution in [0.4, 0.5) is 11.4 Å². The Morgan fingerprint density at radius 1 is 0.538 bits per heavy atom. The van der Waals surface area contributed by atoms with E-state index in [0.717, 1.165) is 26.2 Å². The topological polar surface area (TPSA) is 36.1 Å². The Labute approximate surface area is 169 Å². The largest absolute Gasteiger partial charge is 0.383 e. The summed E-state index contributed by atoms with van der Waals surface area (Å²) in [6.45, 7) is 16.8. The van der Waals surface area contributed by atoms with Crippen molar-refractivity contribution in [1.29, 1.82) is 0 Å². The van der Waals surface area contributed by atoms with Crippen LogP contribution in [0.2, 0.25) is 0 Å². The van der Waals surface area contributed by atoms with Gasteiger partial charge in [-0.3, -0.25) is 0 Å². The summed E-state index contributed by atoms with van der Waals surface area (Å²) in [5, 5.41) is 10.6. The van der Waals surface area contributed by atoms with E-state index in [1.165, 1.54) is 44.8 Å². The van der Waals surface area contributed by atoms with Crippen molar-refractivity contribution in [2.45, 2.75) is 41.5 Å². The molecule has 3 nitrogen and oxygen atoms in total. The zero-order valence-electron chi connectivity index (χ0n) is 17.0. The van der Waals surface area contributed by atoms with Crippen LogP contribution in [-0.2, 0) is 17.1 Å². The predicted octanol–water partition coefficient (Wildman–Crippen LogP) is 4.65. The number of hydrogen-bond donors (Lipinski definition) is 3. The van der Waals surface area contributed by atoms with Crippen LogP contribution in [-0.4, -0.2) is 26.2 Å². The fourth-order valence-corrected chi connectivity index (χ4v) is 3.59. The Kier molecular flexibility index (Phi) is 9.21. The number of aryl methyl sites for hydroxylation is 6. The van der Waals surface area contributed by atoms with E-state index in [-0.39, 0.29) is 17.1 Å². The molecule has 0 atom stereocenters. The molecular weight excluding hydrogens is 362 g/mol. The molecule has 0 amide bonds. The average molecular weight is 395 g/mol. The van der Waals surface area contributed by atoms with Gasteiger partial charge < -0.3 is 16.0 Å². The molecule has 0 fully saturated rings. The van der Waals surface area contributed by atoms with Gasteiger partial charge in [0.15, 0.2) is 0 Å². The first-order chi connectivity index (χ1) is 11.9. The van der Waals surface area contributed by atoms with Crippen molar-refractivity contribution in [3.63, 3.8) is 0 Å². The molecule has 0 saturated carbocycles. The van der Waals surface area contributed by atoms with Gasteiger partial charge in [-0.05, 0) is 63.8 Å². The van der Waals surface area contributed by atoms with Gasteiger partial charge in [-0.1, -0.05) is 35.4 Å². The summed E-state index contributed by atoms with van der Waals surface area (Å²) in [5.74, 6) is 0. The van der Waals surface area contributed by atoms with Gasteiger partial charge in [0, 0.05) is 54.6 Å². The first-order valence-electron chi connectivity index (χ1n) is 9.22. The monoisotopic (exact) mass is 395 g/mol. The molecule has 2 aromatic carbocycles. The Morgan fingerprint density at radius 2 is 0.846 bits per heavy atom.